The highest BCUT2D eigenvalue weighted by Crippen LogP contribution is 2.32. The van der Waals surface area contributed by atoms with Gasteiger partial charge in [-0.1, -0.05) is 12.1 Å². The fourth-order valence-corrected chi connectivity index (χ4v) is 5.38. The number of aromatic nitrogens is 1. The molecule has 0 unspecified atom stereocenters. The molecule has 6 nitrogen and oxygen atoms in total. The molecule has 0 bridgehead atoms. The molecule has 2 fully saturated rings. The maximum Gasteiger partial charge on any atom is 0.277 e. The summed E-state index contributed by atoms with van der Waals surface area (Å²) in [5.74, 6) is 0.362. The number of nitrogens with zero attached hydrogens (tertiary/aromatic N) is 2. The van der Waals surface area contributed by atoms with Gasteiger partial charge in [-0.15, -0.1) is 11.3 Å². The first-order valence-corrected chi connectivity index (χ1v) is 10.7. The third-order valence-electron chi connectivity index (χ3n) is 5.93. The lowest BCUT2D eigenvalue weighted by Gasteiger charge is -2.34. The summed E-state index contributed by atoms with van der Waals surface area (Å²) in [7, 11) is 0. The number of benzene rings is 1. The van der Waals surface area contributed by atoms with Gasteiger partial charge in [-0.25, -0.2) is 4.98 Å². The molecular weight excluding hydrogens is 360 g/mol. The zero-order chi connectivity index (χ0) is 18.8. The van der Waals surface area contributed by atoms with Crippen molar-refractivity contribution in [3.05, 3.63) is 29.3 Å². The van der Waals surface area contributed by atoms with Gasteiger partial charge in [0.05, 0.1) is 28.3 Å². The van der Waals surface area contributed by atoms with Crippen LogP contribution < -0.4 is 10.6 Å². The summed E-state index contributed by atoms with van der Waals surface area (Å²) >= 11 is 1.76. The number of fused-ring (bicyclic) bond motifs is 1. The highest BCUT2D eigenvalue weighted by Gasteiger charge is 2.31. The number of piperidine rings is 2. The summed E-state index contributed by atoms with van der Waals surface area (Å²) < 4.78 is 1.22. The van der Waals surface area contributed by atoms with E-state index in [1.165, 1.54) is 9.60 Å². The zero-order valence-corrected chi connectivity index (χ0v) is 16.3. The number of rotatable bonds is 4. The molecule has 2 amide bonds. The highest BCUT2D eigenvalue weighted by atomic mass is 32.1. The van der Waals surface area contributed by atoms with Crippen LogP contribution >= 0.6 is 11.3 Å². The Labute approximate surface area is 163 Å². The second kappa shape index (κ2) is 7.94. The van der Waals surface area contributed by atoms with Crippen LogP contribution in [0.2, 0.25) is 0 Å². The summed E-state index contributed by atoms with van der Waals surface area (Å²) in [6, 6.07) is 8.24. The molecule has 2 aromatic rings. The molecule has 144 valence electrons. The van der Waals surface area contributed by atoms with Gasteiger partial charge < -0.3 is 15.5 Å². The van der Waals surface area contributed by atoms with E-state index in [1.54, 1.807) is 11.3 Å². The SMILES string of the molecule is NC(=O)C1CC[NH+](CC(=O)N2CCC[C@@H](c3nc4ccccc4s3)C2)CC1. The van der Waals surface area contributed by atoms with Gasteiger partial charge in [-0.2, -0.15) is 0 Å². The number of primary amides is 1. The lowest BCUT2D eigenvalue weighted by Crippen LogP contribution is -3.14. The minimum absolute atomic E-state index is 0.0118. The van der Waals surface area contributed by atoms with Crippen LogP contribution in [0.15, 0.2) is 24.3 Å². The Morgan fingerprint density at radius 2 is 2.00 bits per heavy atom. The molecule has 2 aliphatic heterocycles. The zero-order valence-electron chi connectivity index (χ0n) is 15.5. The maximum absolute atomic E-state index is 12.8. The van der Waals surface area contributed by atoms with Crippen LogP contribution in [0.4, 0.5) is 0 Å². The second-order valence-corrected chi connectivity index (χ2v) is 8.86. The highest BCUT2D eigenvalue weighted by molar-refractivity contribution is 7.18. The average Bonchev–Trinajstić information content (AvgIpc) is 3.13. The number of hydrogen-bond donors (Lipinski definition) is 2. The van der Waals surface area contributed by atoms with Crippen molar-refractivity contribution >= 4 is 33.4 Å². The molecule has 2 aliphatic rings. The Kier molecular flexibility index (Phi) is 5.41. The van der Waals surface area contributed by atoms with Crippen molar-refractivity contribution in [3.63, 3.8) is 0 Å². The van der Waals surface area contributed by atoms with Gasteiger partial charge in [-0.3, -0.25) is 9.59 Å². The topological polar surface area (TPSA) is 80.7 Å². The third-order valence-corrected chi connectivity index (χ3v) is 7.13. The van der Waals surface area contributed by atoms with Crippen molar-refractivity contribution in [2.75, 3.05) is 32.7 Å². The van der Waals surface area contributed by atoms with Crippen molar-refractivity contribution in [2.24, 2.45) is 11.7 Å². The third kappa shape index (κ3) is 4.14. The summed E-state index contributed by atoms with van der Waals surface area (Å²) in [6.07, 6.45) is 3.73. The Morgan fingerprint density at radius 3 is 2.74 bits per heavy atom. The van der Waals surface area contributed by atoms with E-state index in [0.717, 1.165) is 62.4 Å². The van der Waals surface area contributed by atoms with Crippen molar-refractivity contribution in [1.29, 1.82) is 0 Å². The van der Waals surface area contributed by atoms with E-state index in [4.69, 9.17) is 10.7 Å². The van der Waals surface area contributed by atoms with E-state index in [0.29, 0.717) is 12.5 Å². The second-order valence-electron chi connectivity index (χ2n) is 7.80. The van der Waals surface area contributed by atoms with Gasteiger partial charge in [0.2, 0.25) is 5.91 Å². The number of likely N-dealkylation sites (tertiary alicyclic amines) is 2. The first-order chi connectivity index (χ1) is 13.1. The number of nitrogens with one attached hydrogen (secondary N) is 1. The quantitative estimate of drug-likeness (QED) is 0.814. The molecule has 1 aromatic heterocycles. The Bertz CT molecular complexity index is 795. The van der Waals surface area contributed by atoms with Crippen molar-refractivity contribution < 1.29 is 14.5 Å². The van der Waals surface area contributed by atoms with Gasteiger partial charge in [0.25, 0.3) is 5.91 Å². The summed E-state index contributed by atoms with van der Waals surface area (Å²) in [6.45, 7) is 3.86. The lowest BCUT2D eigenvalue weighted by molar-refractivity contribution is -0.898. The average molecular weight is 388 g/mol. The number of hydrogen-bond acceptors (Lipinski definition) is 4. The lowest BCUT2D eigenvalue weighted by atomic mass is 9.96. The number of nitrogens with two attached hydrogens (primary N) is 1. The van der Waals surface area contributed by atoms with Crippen LogP contribution in [0.5, 0.6) is 0 Å². The van der Waals surface area contributed by atoms with Crippen LogP contribution in [-0.2, 0) is 9.59 Å². The normalized spacial score (nSPS) is 26.2. The molecule has 3 N–H and O–H groups in total. The number of carbonyl (C=O) groups excluding carboxylic acids is 2. The molecule has 3 heterocycles. The smallest absolute Gasteiger partial charge is 0.277 e. The maximum atomic E-state index is 12.8. The van der Waals surface area contributed by atoms with Gasteiger partial charge in [-0.05, 0) is 25.0 Å². The largest absolute Gasteiger partial charge is 0.369 e. The summed E-state index contributed by atoms with van der Waals surface area (Å²) in [4.78, 5) is 32.2. The van der Waals surface area contributed by atoms with E-state index in [2.05, 4.69) is 12.1 Å². The molecule has 7 heteroatoms. The van der Waals surface area contributed by atoms with Crippen molar-refractivity contribution in [1.82, 2.24) is 9.88 Å². The fraction of sp³-hybridized carbons (Fsp3) is 0.550. The summed E-state index contributed by atoms with van der Waals surface area (Å²) in [5, 5.41) is 1.16. The van der Waals surface area contributed by atoms with Gasteiger partial charge in [0.1, 0.15) is 0 Å². The molecule has 0 saturated carbocycles. The molecule has 0 radical (unpaired) electrons. The van der Waals surface area contributed by atoms with Gasteiger partial charge >= 0.3 is 0 Å². The van der Waals surface area contributed by atoms with Crippen LogP contribution in [0.25, 0.3) is 10.2 Å². The molecule has 27 heavy (non-hydrogen) atoms. The van der Waals surface area contributed by atoms with E-state index in [1.807, 2.05) is 17.0 Å². The first-order valence-electron chi connectivity index (χ1n) is 9.86. The van der Waals surface area contributed by atoms with Gasteiger partial charge in [0.15, 0.2) is 6.54 Å². The van der Waals surface area contributed by atoms with Crippen molar-refractivity contribution in [3.8, 4) is 0 Å². The summed E-state index contributed by atoms with van der Waals surface area (Å²) in [5.41, 5.74) is 6.46. The van der Waals surface area contributed by atoms with E-state index < -0.39 is 0 Å². The van der Waals surface area contributed by atoms with Crippen LogP contribution in [-0.4, -0.2) is 54.4 Å². The van der Waals surface area contributed by atoms with E-state index in [-0.39, 0.29) is 17.7 Å². The minimum atomic E-state index is -0.199. The Morgan fingerprint density at radius 1 is 1.22 bits per heavy atom. The molecule has 4 rings (SSSR count). The van der Waals surface area contributed by atoms with Gasteiger partial charge in [0, 0.05) is 37.8 Å². The predicted molar refractivity (Wildman–Crippen MR) is 106 cm³/mol. The standard InChI is InChI=1S/C20H26N4O2S/c21-19(26)14-7-10-23(11-8-14)13-18(25)24-9-3-4-15(12-24)20-22-16-5-1-2-6-17(16)27-20/h1-2,5-6,14-15H,3-4,7-13H2,(H2,21,26)/p+1/t15-/m1/s1. The minimum Gasteiger partial charge on any atom is -0.369 e. The molecule has 0 aliphatic carbocycles. The van der Waals surface area contributed by atoms with Crippen LogP contribution in [0.1, 0.15) is 36.6 Å². The Hall–Kier alpha value is -1.99. The number of para-hydroxylation sites is 1. The van der Waals surface area contributed by atoms with Crippen molar-refractivity contribution in [2.45, 2.75) is 31.6 Å². The number of amides is 2. The molecule has 0 spiro atoms. The van der Waals surface area contributed by atoms with Crippen LogP contribution in [0.3, 0.4) is 0 Å². The van der Waals surface area contributed by atoms with Crippen LogP contribution in [0, 0.1) is 5.92 Å². The molecule has 1 aromatic carbocycles. The molecule has 1 atom stereocenters. The predicted octanol–water partition coefficient (Wildman–Crippen LogP) is 0.783. The van der Waals surface area contributed by atoms with E-state index >= 15 is 0 Å². The Balaban J connectivity index is 1.35. The van der Waals surface area contributed by atoms with E-state index in [9.17, 15) is 9.59 Å². The monoisotopic (exact) mass is 387 g/mol. The fourth-order valence-electron chi connectivity index (χ4n) is 4.28. The first kappa shape index (κ1) is 18.4. The molecule has 2 saturated heterocycles. The molecular formula is C20H27N4O2S+. The number of thiazole rings is 1. The number of quaternary nitrogens is 1. The number of carbonyl (C=O) groups is 2.